The molecule has 2 aliphatic heterocycles. The van der Waals surface area contributed by atoms with Crippen molar-refractivity contribution in [2.75, 3.05) is 39.5 Å². The number of hydrogen-bond donors (Lipinski definition) is 22. The monoisotopic (exact) mass is 1840 g/mol. The molecule has 1 saturated heterocycles. The van der Waals surface area contributed by atoms with Gasteiger partial charge in [-0.25, -0.2) is 0 Å². The topological polar surface area (TPSA) is 599 Å². The molecular formula is C101H105N3O30. The second kappa shape index (κ2) is 45.3. The fourth-order valence-electron chi connectivity index (χ4n) is 13.9. The summed E-state index contributed by atoms with van der Waals surface area (Å²) in [7, 11) is 0. The fourth-order valence-corrected chi connectivity index (χ4v) is 13.9. The van der Waals surface area contributed by atoms with Crippen molar-refractivity contribution < 1.29 is 140 Å². The normalized spacial score (nSPS) is 14.0. The van der Waals surface area contributed by atoms with E-state index in [-0.39, 0.29) is 160 Å². The summed E-state index contributed by atoms with van der Waals surface area (Å²) >= 11 is 0. The quantitative estimate of drug-likeness (QED) is 0.0174. The predicted octanol–water partition coefficient (Wildman–Crippen LogP) is 15.1. The summed E-state index contributed by atoms with van der Waals surface area (Å²) in [5.74, 6) is -5.64. The molecule has 2 fully saturated rings. The van der Waals surface area contributed by atoms with Gasteiger partial charge in [0.1, 0.15) is 109 Å². The fraction of sp³-hybridized carbons (Fsp3) is 0.218. The van der Waals surface area contributed by atoms with Gasteiger partial charge in [0.05, 0.1) is 35.8 Å². The number of aromatic hydroxyl groups is 19. The van der Waals surface area contributed by atoms with Crippen LogP contribution in [0.4, 0.5) is 0 Å². The van der Waals surface area contributed by atoms with Crippen LogP contribution in [-0.2, 0) is 46.9 Å². The molecule has 0 amide bonds. The number of aliphatic hydroxyl groups is 1. The lowest BCUT2D eigenvalue weighted by atomic mass is 9.69. The van der Waals surface area contributed by atoms with E-state index < -0.39 is 56.6 Å². The number of ether oxygens (including phenoxy) is 3. The third-order valence-electron chi connectivity index (χ3n) is 21.4. The standard InChI is InChI=1S/C19H27NO3.C16H12O7.C16H12O6.C15H14O3.C14H12O4.C11H15NO3.C10H13NO4/c21-18(23-16-13-20-11-14-22-15-12-20)19(9-5-2-6-10-19)17-7-3-1-4-8-17;1-6-9(18)2-7(3-10(6)19)16-15(22)14(21)13-11(20)4-8(17)5-12(13)23-16;1-7-2-3-9(10(18)4-7)16-15(21)14(20)13-11(19)5-8(17)6-12(13)22-16;1-10-6-12(8-13(16)7-10)3-2-11-4-5-14(17)15(18)9-11;1-9-6-11(15)8-12(18-9)4-2-10-3-5-13(16)14(17)7-10;1-7(13)11(2,12)6-8-3-4-9(14)10(15)5-8;1-5(12)7(11)2-6-3-9(14)10(15)4-8(6)13/h1,3-4,7-8H,2,5-6,9-16H2;2-5,17-20,22H,1H3;2-6,17-19,21H,1H3;2-9,16-18H,1H3;2-8,15-17H,1H2;3-5,14-15H,6,12H2,1-2H3;3-4,7,13-15H,2,11H2,1H3/b;;;3-2+;4-2+;;. The number of aliphatic hydroxyl groups excluding tert-OH is 1. The maximum absolute atomic E-state index is 12.9. The second-order valence-corrected chi connectivity index (χ2v) is 32.0. The number of allylic oxidation sites excluding steroid dienone is 3. The summed E-state index contributed by atoms with van der Waals surface area (Å²) in [5, 5.41) is 189. The zero-order chi connectivity index (χ0) is 98.3. The number of phenols is 17. The minimum Gasteiger partial charge on any atom is -0.508 e. The third-order valence-corrected chi connectivity index (χ3v) is 21.4. The molecule has 2 unspecified atom stereocenters. The largest absolute Gasteiger partial charge is 0.508 e. The Bertz CT molecular complexity index is 6510. The third kappa shape index (κ3) is 27.2. The summed E-state index contributed by atoms with van der Waals surface area (Å²) in [5.41, 5.74) is 14.6. The number of carbonyl (C=O) groups is 3. The van der Waals surface area contributed by atoms with Crippen molar-refractivity contribution in [2.24, 2.45) is 11.5 Å². The van der Waals surface area contributed by atoms with Gasteiger partial charge in [-0.1, -0.05) is 105 Å². The number of morpholine rings is 1. The predicted molar refractivity (Wildman–Crippen MR) is 500 cm³/mol. The molecule has 2 atom stereocenters. The number of nitrogens with zero attached hydrogens (tertiary/aromatic N) is 1. The van der Waals surface area contributed by atoms with E-state index in [0.717, 1.165) is 117 Å². The number of nitrogens with two attached hydrogens (primary N) is 2. The smallest absolute Gasteiger partial charge is 0.316 e. The van der Waals surface area contributed by atoms with Crippen LogP contribution in [-0.4, -0.2) is 176 Å². The van der Waals surface area contributed by atoms with Gasteiger partial charge in [0.2, 0.25) is 22.4 Å². The van der Waals surface area contributed by atoms with E-state index in [2.05, 4.69) is 23.6 Å². The van der Waals surface area contributed by atoms with Crippen LogP contribution in [0.2, 0.25) is 0 Å². The Morgan fingerprint density at radius 3 is 1.55 bits per heavy atom. The molecule has 704 valence electrons. The van der Waals surface area contributed by atoms with E-state index in [1.807, 2.05) is 37.3 Å². The van der Waals surface area contributed by atoms with Crippen LogP contribution in [0.25, 0.3) is 62.8 Å². The van der Waals surface area contributed by atoms with Crippen LogP contribution in [0.15, 0.2) is 230 Å². The molecule has 0 spiro atoms. The lowest BCUT2D eigenvalue weighted by molar-refractivity contribution is -0.153. The highest BCUT2D eigenvalue weighted by Gasteiger charge is 2.43. The number of fused-ring (bicyclic) bond motifs is 2. The first-order valence-corrected chi connectivity index (χ1v) is 41.6. The second-order valence-electron chi connectivity index (χ2n) is 32.0. The van der Waals surface area contributed by atoms with E-state index in [0.29, 0.717) is 41.2 Å². The minimum absolute atomic E-state index is 0.0309. The summed E-state index contributed by atoms with van der Waals surface area (Å²) in [6.07, 6.45) is 15.5. The van der Waals surface area contributed by atoms with Crippen molar-refractivity contribution in [2.45, 2.75) is 103 Å². The number of Topliss-reactive ketones (excluding diaryl/α,β-unsaturated/α-hetero) is 2. The van der Waals surface area contributed by atoms with E-state index in [4.69, 9.17) is 49.8 Å². The van der Waals surface area contributed by atoms with E-state index in [1.165, 1.54) is 106 Å². The first-order chi connectivity index (χ1) is 63.3. The molecule has 2 aromatic heterocycles. The van der Waals surface area contributed by atoms with E-state index in [1.54, 1.807) is 68.5 Å². The van der Waals surface area contributed by atoms with E-state index in [9.17, 15) is 111 Å². The Morgan fingerprint density at radius 2 is 1.02 bits per heavy atom. The van der Waals surface area contributed by atoms with Gasteiger partial charge in [-0.2, -0.15) is 0 Å². The summed E-state index contributed by atoms with van der Waals surface area (Å²) in [6.45, 7) is 17.9. The Hall–Kier alpha value is -16.2. The maximum atomic E-state index is 12.9. The number of aryl methyl sites for hydroxylation is 2. The molecule has 12 aromatic rings. The maximum Gasteiger partial charge on any atom is 0.316 e. The zero-order valence-corrected chi connectivity index (χ0v) is 73.7. The summed E-state index contributed by atoms with van der Waals surface area (Å²) < 4.78 is 27.1. The molecule has 1 aliphatic carbocycles. The average molecular weight is 1840 g/mol. The Labute approximate surface area is 767 Å². The highest BCUT2D eigenvalue weighted by atomic mass is 16.5. The van der Waals surface area contributed by atoms with Crippen LogP contribution in [0.5, 0.6) is 109 Å². The number of esters is 1. The zero-order valence-electron chi connectivity index (χ0n) is 73.7. The molecule has 15 rings (SSSR count). The van der Waals surface area contributed by atoms with E-state index >= 15 is 0 Å². The number of ketones is 2. The van der Waals surface area contributed by atoms with Crippen molar-refractivity contribution >= 4 is 57.7 Å². The van der Waals surface area contributed by atoms with Gasteiger partial charge in [0, 0.05) is 73.2 Å². The summed E-state index contributed by atoms with van der Waals surface area (Å²) in [4.78, 5) is 61.7. The van der Waals surface area contributed by atoms with Gasteiger partial charge in [0.25, 0.3) is 0 Å². The number of rotatable bonds is 17. The van der Waals surface area contributed by atoms with Gasteiger partial charge in [-0.05, 0) is 197 Å². The first-order valence-electron chi connectivity index (χ1n) is 41.6. The van der Waals surface area contributed by atoms with Crippen molar-refractivity contribution in [3.63, 3.8) is 0 Å². The molecule has 3 aliphatic rings. The first kappa shape index (κ1) is 102. The minimum atomic E-state index is -0.941. The van der Waals surface area contributed by atoms with Crippen molar-refractivity contribution in [3.8, 4) is 132 Å². The highest BCUT2D eigenvalue weighted by Crippen LogP contribution is 2.44. The average Bonchev–Trinajstić information content (AvgIpc) is 0.763. The van der Waals surface area contributed by atoms with Crippen LogP contribution in [0.1, 0.15) is 103 Å². The number of benzene rings is 10. The van der Waals surface area contributed by atoms with Crippen molar-refractivity contribution in [1.29, 1.82) is 0 Å². The molecular weight excluding hydrogens is 1740 g/mol. The molecule has 134 heavy (non-hydrogen) atoms. The van der Waals surface area contributed by atoms with Crippen LogP contribution < -0.4 is 22.3 Å². The van der Waals surface area contributed by atoms with Crippen molar-refractivity contribution in [3.05, 3.63) is 282 Å². The molecule has 10 aromatic carbocycles. The molecule has 33 nitrogen and oxygen atoms in total. The molecule has 4 heterocycles. The molecule has 0 radical (unpaired) electrons. The number of phenolic OH excluding ortho intramolecular Hbond substituents is 17. The lowest BCUT2D eigenvalue weighted by Gasteiger charge is -2.35. The lowest BCUT2D eigenvalue weighted by Crippen LogP contribution is -2.45. The van der Waals surface area contributed by atoms with Gasteiger partial charge >= 0.3 is 5.97 Å². The van der Waals surface area contributed by atoms with Gasteiger partial charge in [-0.3, -0.25) is 28.9 Å². The molecule has 33 heteroatoms. The number of carbonyl (C=O) groups excluding carboxylic acids is 3. The highest BCUT2D eigenvalue weighted by molar-refractivity contribution is 5.91. The van der Waals surface area contributed by atoms with Crippen molar-refractivity contribution in [1.82, 2.24) is 4.90 Å². The molecule has 0 bridgehead atoms. The Kier molecular flexibility index (Phi) is 34.4. The van der Waals surface area contributed by atoms with Crippen LogP contribution >= 0.6 is 0 Å². The molecule has 1 saturated carbocycles. The van der Waals surface area contributed by atoms with Gasteiger partial charge < -0.3 is 137 Å². The Balaban J connectivity index is 0.000000177. The molecule has 24 N–H and O–H groups in total. The SMILES string of the molecule is C=C1C=C(O)C=C(/C=C/c2ccc(O)c(O)c2)O1.CC(=O)C(C)(N)Cc1ccc(O)c(O)c1.CC(=O)C(N)Cc1cc(O)c(O)cc1O.Cc1c(O)cc(-c2oc3cc(O)cc(O)c3c(=O)c2O)cc1O.Cc1cc(O)cc(/C=C/c2ccc(O)c(O)c2)c1.Cc1ccc(-c2oc3cc(O)cc(O)c3c(=O)c2O)c(O)c1.O=C(OCCN1CCOCC1)C1(c2ccccc2)CCCCC1. The van der Waals surface area contributed by atoms with Crippen LogP contribution in [0.3, 0.4) is 0 Å². The van der Waals surface area contributed by atoms with Crippen LogP contribution in [0, 0.1) is 20.8 Å². The Morgan fingerprint density at radius 1 is 0.507 bits per heavy atom. The summed E-state index contributed by atoms with van der Waals surface area (Å²) in [6, 6.07) is 41.6. The van der Waals surface area contributed by atoms with Gasteiger partial charge in [-0.15, -0.1) is 0 Å². The number of hydrogen-bond acceptors (Lipinski definition) is 33. The van der Waals surface area contributed by atoms with Gasteiger partial charge in [0.15, 0.2) is 57.5 Å².